The zero-order valence-corrected chi connectivity index (χ0v) is 13.6. The quantitative estimate of drug-likeness (QED) is 0.749. The summed E-state index contributed by atoms with van der Waals surface area (Å²) in [5.41, 5.74) is 0. The molecule has 1 saturated carbocycles. The van der Waals surface area contributed by atoms with Crippen LogP contribution in [0.2, 0.25) is 0 Å². The Morgan fingerprint density at radius 3 is 2.59 bits per heavy atom. The van der Waals surface area contributed by atoms with Crippen LogP contribution in [0.25, 0.3) is 0 Å². The number of hydrogen-bond donors (Lipinski definition) is 2. The summed E-state index contributed by atoms with van der Waals surface area (Å²) in [6.07, 6.45) is 9.04. The summed E-state index contributed by atoms with van der Waals surface area (Å²) in [5, 5.41) is 3.06. The number of amides is 2. The number of nitrogens with zero attached hydrogens (tertiary/aromatic N) is 1. The molecular weight excluding hydrogens is 278 g/mol. The molecule has 2 amide bonds. The molecule has 5 nitrogen and oxygen atoms in total. The molecule has 1 atom stereocenters. The number of likely N-dealkylation sites (tertiary alicyclic amines) is 2. The Kier molecular flexibility index (Phi) is 5.34. The second-order valence-electron chi connectivity index (χ2n) is 7.24. The minimum absolute atomic E-state index is 0.0882. The fourth-order valence-electron chi connectivity index (χ4n) is 4.28. The molecule has 0 bridgehead atoms. The van der Waals surface area contributed by atoms with Gasteiger partial charge >= 0.3 is 0 Å². The molecule has 3 aliphatic rings. The van der Waals surface area contributed by atoms with Gasteiger partial charge in [0.25, 0.3) is 0 Å². The topological polar surface area (TPSA) is 53.9 Å². The fourth-order valence-corrected chi connectivity index (χ4v) is 4.28. The van der Waals surface area contributed by atoms with Gasteiger partial charge in [0.05, 0.1) is 32.1 Å². The van der Waals surface area contributed by atoms with Crippen LogP contribution >= 0.6 is 0 Å². The van der Waals surface area contributed by atoms with Gasteiger partial charge in [0.2, 0.25) is 11.8 Å². The van der Waals surface area contributed by atoms with E-state index in [4.69, 9.17) is 0 Å². The number of carbonyl (C=O) groups is 2. The van der Waals surface area contributed by atoms with E-state index in [9.17, 15) is 9.59 Å². The molecule has 2 aliphatic heterocycles. The van der Waals surface area contributed by atoms with Crippen molar-refractivity contribution in [2.45, 2.75) is 57.4 Å². The summed E-state index contributed by atoms with van der Waals surface area (Å²) in [5.74, 6) is 0.158. The van der Waals surface area contributed by atoms with E-state index in [2.05, 4.69) is 5.32 Å². The molecule has 0 aromatic rings. The van der Waals surface area contributed by atoms with Gasteiger partial charge in [-0.3, -0.25) is 9.59 Å². The van der Waals surface area contributed by atoms with E-state index >= 15 is 0 Å². The Labute approximate surface area is 133 Å². The number of carbonyl (C=O) groups excluding carboxylic acids is 2. The summed E-state index contributed by atoms with van der Waals surface area (Å²) in [4.78, 5) is 28.1. The van der Waals surface area contributed by atoms with Crippen LogP contribution in [0.4, 0.5) is 0 Å². The monoisotopic (exact) mass is 308 g/mol. The maximum Gasteiger partial charge on any atom is 0.225 e. The molecule has 2 N–H and O–H groups in total. The standard InChI is InChI=1S/C17H29N3O2/c21-16-12-14(13-20(16)15-6-2-1-3-7-15)17(22)18-8-11-19-9-4-5-10-19/h14-15H,1-13H2,(H,18,22)/p+1. The van der Waals surface area contributed by atoms with Crippen LogP contribution in [0.15, 0.2) is 0 Å². The summed E-state index contributed by atoms with van der Waals surface area (Å²) in [7, 11) is 0. The molecule has 0 radical (unpaired) electrons. The van der Waals surface area contributed by atoms with Crippen molar-refractivity contribution >= 4 is 11.8 Å². The maximum absolute atomic E-state index is 12.3. The summed E-state index contributed by atoms with van der Waals surface area (Å²) in [6.45, 7) is 4.91. The zero-order chi connectivity index (χ0) is 15.4. The Balaban J connectivity index is 1.42. The van der Waals surface area contributed by atoms with Crippen molar-refractivity contribution in [1.82, 2.24) is 10.2 Å². The van der Waals surface area contributed by atoms with E-state index in [0.29, 0.717) is 19.0 Å². The van der Waals surface area contributed by atoms with Gasteiger partial charge in [0.1, 0.15) is 0 Å². The van der Waals surface area contributed by atoms with Gasteiger partial charge in [-0.15, -0.1) is 0 Å². The molecule has 0 spiro atoms. The third kappa shape index (κ3) is 3.80. The highest BCUT2D eigenvalue weighted by Crippen LogP contribution is 2.28. The molecule has 22 heavy (non-hydrogen) atoms. The zero-order valence-electron chi connectivity index (χ0n) is 13.6. The molecule has 1 unspecified atom stereocenters. The largest absolute Gasteiger partial charge is 0.350 e. The van der Waals surface area contributed by atoms with Gasteiger partial charge in [0.15, 0.2) is 0 Å². The van der Waals surface area contributed by atoms with E-state index < -0.39 is 0 Å². The Morgan fingerprint density at radius 1 is 1.14 bits per heavy atom. The van der Waals surface area contributed by atoms with E-state index in [1.165, 1.54) is 45.2 Å². The molecule has 3 fully saturated rings. The highest BCUT2D eigenvalue weighted by atomic mass is 16.2. The minimum Gasteiger partial charge on any atom is -0.350 e. The lowest BCUT2D eigenvalue weighted by molar-refractivity contribution is -0.886. The summed E-state index contributed by atoms with van der Waals surface area (Å²) >= 11 is 0. The third-order valence-electron chi connectivity index (χ3n) is 5.63. The van der Waals surface area contributed by atoms with E-state index in [0.717, 1.165) is 25.9 Å². The van der Waals surface area contributed by atoms with Gasteiger partial charge in [-0.2, -0.15) is 0 Å². The Morgan fingerprint density at radius 2 is 1.86 bits per heavy atom. The van der Waals surface area contributed by atoms with Gasteiger partial charge in [0, 0.05) is 31.8 Å². The number of hydrogen-bond acceptors (Lipinski definition) is 2. The van der Waals surface area contributed by atoms with Crippen molar-refractivity contribution in [2.24, 2.45) is 5.92 Å². The SMILES string of the molecule is O=C(NCC[NH+]1CCCC1)C1CC(=O)N(C2CCCCC2)C1. The average molecular weight is 308 g/mol. The maximum atomic E-state index is 12.3. The lowest BCUT2D eigenvalue weighted by Crippen LogP contribution is -3.10. The fraction of sp³-hybridized carbons (Fsp3) is 0.882. The van der Waals surface area contributed by atoms with Crippen molar-refractivity contribution in [2.75, 3.05) is 32.7 Å². The highest BCUT2D eigenvalue weighted by Gasteiger charge is 2.38. The van der Waals surface area contributed by atoms with Gasteiger partial charge in [-0.25, -0.2) is 0 Å². The molecule has 1 aliphatic carbocycles. The molecular formula is C17H30N3O2+. The van der Waals surface area contributed by atoms with E-state index in [1.54, 1.807) is 4.90 Å². The van der Waals surface area contributed by atoms with Crippen LogP contribution in [0.3, 0.4) is 0 Å². The first-order valence-electron chi connectivity index (χ1n) is 9.15. The first-order chi connectivity index (χ1) is 10.7. The number of nitrogens with one attached hydrogen (secondary N) is 2. The normalized spacial score (nSPS) is 27.5. The molecule has 5 heteroatoms. The van der Waals surface area contributed by atoms with Crippen LogP contribution in [0.1, 0.15) is 51.4 Å². The van der Waals surface area contributed by atoms with Crippen LogP contribution < -0.4 is 10.2 Å². The first kappa shape index (κ1) is 15.8. The van der Waals surface area contributed by atoms with E-state index in [-0.39, 0.29) is 17.7 Å². The molecule has 3 rings (SSSR count). The molecule has 0 aromatic carbocycles. The Bertz CT molecular complexity index is 401. The first-order valence-corrected chi connectivity index (χ1v) is 9.15. The van der Waals surface area contributed by atoms with Crippen LogP contribution in [0, 0.1) is 5.92 Å². The van der Waals surface area contributed by atoms with Crippen molar-refractivity contribution in [3.8, 4) is 0 Å². The van der Waals surface area contributed by atoms with Gasteiger partial charge < -0.3 is 15.1 Å². The molecule has 2 heterocycles. The predicted octanol–water partition coefficient (Wildman–Crippen LogP) is -0.0375. The van der Waals surface area contributed by atoms with Crippen LogP contribution in [-0.4, -0.2) is 55.5 Å². The van der Waals surface area contributed by atoms with Crippen molar-refractivity contribution in [1.29, 1.82) is 0 Å². The second-order valence-corrected chi connectivity index (χ2v) is 7.24. The third-order valence-corrected chi connectivity index (χ3v) is 5.63. The smallest absolute Gasteiger partial charge is 0.225 e. The summed E-state index contributed by atoms with van der Waals surface area (Å²) < 4.78 is 0. The summed E-state index contributed by atoms with van der Waals surface area (Å²) in [6, 6.07) is 0.396. The molecule has 0 aromatic heterocycles. The van der Waals surface area contributed by atoms with Gasteiger partial charge in [-0.1, -0.05) is 19.3 Å². The number of rotatable bonds is 5. The van der Waals surface area contributed by atoms with Crippen LogP contribution in [0.5, 0.6) is 0 Å². The van der Waals surface area contributed by atoms with Gasteiger partial charge in [-0.05, 0) is 12.8 Å². The van der Waals surface area contributed by atoms with E-state index in [1.807, 2.05) is 4.90 Å². The lowest BCUT2D eigenvalue weighted by atomic mass is 9.94. The minimum atomic E-state index is -0.122. The van der Waals surface area contributed by atoms with Crippen molar-refractivity contribution in [3.05, 3.63) is 0 Å². The molecule has 2 saturated heterocycles. The van der Waals surface area contributed by atoms with Crippen molar-refractivity contribution < 1.29 is 14.5 Å². The Hall–Kier alpha value is -1.10. The second kappa shape index (κ2) is 7.44. The number of quaternary nitrogens is 1. The van der Waals surface area contributed by atoms with Crippen LogP contribution in [-0.2, 0) is 9.59 Å². The molecule has 124 valence electrons. The highest BCUT2D eigenvalue weighted by molar-refractivity contribution is 5.89. The average Bonchev–Trinajstić information content (AvgIpc) is 3.17. The predicted molar refractivity (Wildman–Crippen MR) is 84.5 cm³/mol. The lowest BCUT2D eigenvalue weighted by Gasteiger charge is -2.31. The van der Waals surface area contributed by atoms with Crippen molar-refractivity contribution in [3.63, 3.8) is 0 Å².